The predicted molar refractivity (Wildman–Crippen MR) is 109 cm³/mol. The molecule has 1 aromatic heterocycles. The van der Waals surface area contributed by atoms with Crippen molar-refractivity contribution in [1.82, 2.24) is 9.21 Å². The Morgan fingerprint density at radius 3 is 2.35 bits per heavy atom. The van der Waals surface area contributed by atoms with Crippen LogP contribution in [-0.2, 0) is 10.0 Å². The summed E-state index contributed by atoms with van der Waals surface area (Å²) in [7, 11) is -1.88. The van der Waals surface area contributed by atoms with Crippen LogP contribution >= 0.6 is 35.2 Å². The molecular formula is C16H18ClN3O3S3. The van der Waals surface area contributed by atoms with E-state index in [-0.39, 0.29) is 4.21 Å². The lowest BCUT2D eigenvalue weighted by Gasteiger charge is -2.35. The Morgan fingerprint density at radius 1 is 1.15 bits per heavy atom. The van der Waals surface area contributed by atoms with Crippen LogP contribution in [0, 0.1) is 0 Å². The van der Waals surface area contributed by atoms with Crippen LogP contribution in [0.5, 0.6) is 5.75 Å². The fraction of sp³-hybridized carbons (Fsp3) is 0.312. The number of rotatable bonds is 4. The lowest BCUT2D eigenvalue weighted by molar-refractivity contribution is 0.269. The zero-order valence-corrected chi connectivity index (χ0v) is 17.2. The van der Waals surface area contributed by atoms with Gasteiger partial charge in [0, 0.05) is 31.9 Å². The molecule has 140 valence electrons. The molecule has 0 radical (unpaired) electrons. The molecule has 6 nitrogen and oxygen atoms in total. The summed E-state index contributed by atoms with van der Waals surface area (Å²) in [6.45, 7) is 1.81. The molecule has 26 heavy (non-hydrogen) atoms. The van der Waals surface area contributed by atoms with Gasteiger partial charge in [-0.25, -0.2) is 8.42 Å². The second-order valence-corrected chi connectivity index (χ2v) is 9.87. The molecule has 1 aliphatic rings. The molecule has 1 saturated heterocycles. The van der Waals surface area contributed by atoms with Gasteiger partial charge in [0.25, 0.3) is 10.0 Å². The normalized spacial score (nSPS) is 15.7. The summed E-state index contributed by atoms with van der Waals surface area (Å²) >= 11 is 12.4. The molecule has 0 amide bonds. The molecule has 0 bridgehead atoms. The molecule has 1 aliphatic heterocycles. The smallest absolute Gasteiger partial charge is 0.252 e. The fourth-order valence-corrected chi connectivity index (χ4v) is 5.93. The van der Waals surface area contributed by atoms with Gasteiger partial charge < -0.3 is 15.0 Å². The minimum Gasteiger partial charge on any atom is -0.497 e. The van der Waals surface area contributed by atoms with E-state index in [0.29, 0.717) is 35.6 Å². The molecule has 0 saturated carbocycles. The van der Waals surface area contributed by atoms with E-state index < -0.39 is 10.0 Å². The van der Waals surface area contributed by atoms with Crippen molar-refractivity contribution in [2.45, 2.75) is 4.21 Å². The van der Waals surface area contributed by atoms with E-state index in [1.807, 2.05) is 29.2 Å². The predicted octanol–water partition coefficient (Wildman–Crippen LogP) is 3.11. The van der Waals surface area contributed by atoms with Gasteiger partial charge in [-0.15, -0.1) is 11.3 Å². The molecule has 3 rings (SSSR count). The average molecular weight is 432 g/mol. The van der Waals surface area contributed by atoms with E-state index in [1.54, 1.807) is 19.2 Å². The van der Waals surface area contributed by atoms with Crippen LogP contribution < -0.4 is 10.1 Å². The van der Waals surface area contributed by atoms with Crippen molar-refractivity contribution in [3.8, 4) is 5.75 Å². The summed E-state index contributed by atoms with van der Waals surface area (Å²) < 4.78 is 32.6. The van der Waals surface area contributed by atoms with Gasteiger partial charge in [0.05, 0.1) is 11.4 Å². The number of ether oxygens (including phenoxy) is 1. The Balaban J connectivity index is 1.58. The topological polar surface area (TPSA) is 61.9 Å². The first kappa shape index (κ1) is 19.4. The van der Waals surface area contributed by atoms with E-state index in [2.05, 4.69) is 5.32 Å². The Kier molecular flexibility index (Phi) is 6.03. The molecule has 0 aliphatic carbocycles. The molecule has 0 spiro atoms. The van der Waals surface area contributed by atoms with Gasteiger partial charge in [-0.3, -0.25) is 0 Å². The van der Waals surface area contributed by atoms with E-state index in [4.69, 9.17) is 28.6 Å². The van der Waals surface area contributed by atoms with Crippen LogP contribution in [-0.4, -0.2) is 56.0 Å². The first-order valence-electron chi connectivity index (χ1n) is 7.85. The maximum Gasteiger partial charge on any atom is 0.252 e. The summed E-state index contributed by atoms with van der Waals surface area (Å²) in [5, 5.41) is 3.75. The lowest BCUT2D eigenvalue weighted by Crippen LogP contribution is -2.51. The number of methoxy groups -OCH3 is 1. The number of hydrogen-bond donors (Lipinski definition) is 1. The van der Waals surface area contributed by atoms with Crippen molar-refractivity contribution < 1.29 is 13.2 Å². The standard InChI is InChI=1S/C16H18ClN3O3S3/c1-23-13-4-2-12(3-5-13)18-16(24)19-8-10-20(11-9-19)26(21,22)15-7-6-14(17)25-15/h2-7H,8-11H2,1H3,(H,18,24). The van der Waals surface area contributed by atoms with Crippen molar-refractivity contribution in [3.05, 3.63) is 40.7 Å². The summed E-state index contributed by atoms with van der Waals surface area (Å²) in [5.41, 5.74) is 0.860. The second-order valence-electron chi connectivity index (χ2n) is 5.61. The van der Waals surface area contributed by atoms with Crippen LogP contribution in [0.4, 0.5) is 5.69 Å². The highest BCUT2D eigenvalue weighted by Crippen LogP contribution is 2.28. The largest absolute Gasteiger partial charge is 0.497 e. The molecule has 1 fully saturated rings. The van der Waals surface area contributed by atoms with Gasteiger partial charge in [0.2, 0.25) is 0 Å². The molecule has 1 aromatic carbocycles. The van der Waals surface area contributed by atoms with E-state index in [9.17, 15) is 8.42 Å². The minimum atomic E-state index is -3.49. The zero-order valence-electron chi connectivity index (χ0n) is 14.0. The number of nitrogens with one attached hydrogen (secondary N) is 1. The first-order chi connectivity index (χ1) is 12.4. The van der Waals surface area contributed by atoms with Crippen molar-refractivity contribution in [2.24, 2.45) is 0 Å². The number of halogens is 1. The van der Waals surface area contributed by atoms with Gasteiger partial charge in [-0.1, -0.05) is 11.6 Å². The third kappa shape index (κ3) is 4.29. The monoisotopic (exact) mass is 431 g/mol. The number of thiocarbonyl (C=S) groups is 1. The highest BCUT2D eigenvalue weighted by Gasteiger charge is 2.30. The molecular weight excluding hydrogens is 414 g/mol. The Labute approximate surface area is 167 Å². The molecule has 10 heteroatoms. The number of thiophene rings is 1. The Hall–Kier alpha value is -1.39. The SMILES string of the molecule is COc1ccc(NC(=S)N2CCN(S(=O)(=O)c3ccc(Cl)s3)CC2)cc1. The number of benzene rings is 1. The summed E-state index contributed by atoms with van der Waals surface area (Å²) in [6.07, 6.45) is 0. The third-order valence-electron chi connectivity index (χ3n) is 4.01. The van der Waals surface area contributed by atoms with Crippen LogP contribution in [0.3, 0.4) is 0 Å². The zero-order chi connectivity index (χ0) is 18.7. The highest BCUT2D eigenvalue weighted by atomic mass is 35.5. The Morgan fingerprint density at radius 2 is 1.81 bits per heavy atom. The number of sulfonamides is 1. The van der Waals surface area contributed by atoms with Crippen LogP contribution in [0.1, 0.15) is 0 Å². The van der Waals surface area contributed by atoms with Crippen LogP contribution in [0.2, 0.25) is 4.34 Å². The number of anilines is 1. The second kappa shape index (κ2) is 8.10. The first-order valence-corrected chi connectivity index (χ1v) is 10.9. The third-order valence-corrected chi connectivity index (χ3v) is 7.97. The van der Waals surface area contributed by atoms with Crippen molar-refractivity contribution in [1.29, 1.82) is 0 Å². The van der Waals surface area contributed by atoms with E-state index in [1.165, 1.54) is 4.31 Å². The van der Waals surface area contributed by atoms with E-state index >= 15 is 0 Å². The van der Waals surface area contributed by atoms with Gasteiger partial charge >= 0.3 is 0 Å². The van der Waals surface area contributed by atoms with E-state index in [0.717, 1.165) is 22.8 Å². The maximum absolute atomic E-state index is 12.6. The summed E-state index contributed by atoms with van der Waals surface area (Å²) in [5.74, 6) is 0.772. The molecule has 1 N–H and O–H groups in total. The number of piperazine rings is 1. The summed E-state index contributed by atoms with van der Waals surface area (Å²) in [6, 6.07) is 10.6. The quantitative estimate of drug-likeness (QED) is 0.750. The average Bonchev–Trinajstić information content (AvgIpc) is 3.10. The minimum absolute atomic E-state index is 0.273. The maximum atomic E-state index is 12.6. The summed E-state index contributed by atoms with van der Waals surface area (Å²) in [4.78, 5) is 1.97. The molecule has 2 heterocycles. The fourth-order valence-electron chi connectivity index (χ4n) is 2.57. The van der Waals surface area contributed by atoms with Crippen LogP contribution in [0.15, 0.2) is 40.6 Å². The molecule has 0 atom stereocenters. The van der Waals surface area contributed by atoms with Gasteiger partial charge in [-0.2, -0.15) is 4.31 Å². The van der Waals surface area contributed by atoms with Gasteiger partial charge in [0.15, 0.2) is 5.11 Å². The van der Waals surface area contributed by atoms with Crippen molar-refractivity contribution in [2.75, 3.05) is 38.6 Å². The van der Waals surface area contributed by atoms with Crippen molar-refractivity contribution in [3.63, 3.8) is 0 Å². The number of nitrogens with zero attached hydrogens (tertiary/aromatic N) is 2. The van der Waals surface area contributed by atoms with Gasteiger partial charge in [0.1, 0.15) is 9.96 Å². The lowest BCUT2D eigenvalue weighted by atomic mass is 10.3. The molecule has 0 unspecified atom stereocenters. The number of hydrogen-bond acceptors (Lipinski definition) is 5. The molecule has 2 aromatic rings. The van der Waals surface area contributed by atoms with Gasteiger partial charge in [-0.05, 0) is 48.6 Å². The van der Waals surface area contributed by atoms with Crippen LogP contribution in [0.25, 0.3) is 0 Å². The van der Waals surface area contributed by atoms with Crippen molar-refractivity contribution >= 4 is 56.0 Å². The highest BCUT2D eigenvalue weighted by molar-refractivity contribution is 7.91. The Bertz CT molecular complexity index is 876.